The zero-order chi connectivity index (χ0) is 16.2. The van der Waals surface area contributed by atoms with Crippen molar-refractivity contribution >= 4 is 33.3 Å². The van der Waals surface area contributed by atoms with E-state index in [2.05, 4.69) is 5.32 Å². The van der Waals surface area contributed by atoms with Gasteiger partial charge in [0.15, 0.2) is 0 Å². The number of aromatic nitrogens is 1. The lowest BCUT2D eigenvalue weighted by molar-refractivity contribution is -0.139. The zero-order valence-corrected chi connectivity index (χ0v) is 13.2. The lowest BCUT2D eigenvalue weighted by atomic mass is 10.2. The minimum atomic E-state index is -3.30. The molecular formula is C12H17ClN2O5S. The predicted molar refractivity (Wildman–Crippen MR) is 78.3 cm³/mol. The van der Waals surface area contributed by atoms with E-state index in [0.29, 0.717) is 11.6 Å². The first-order valence-electron chi connectivity index (χ1n) is 6.21. The number of carboxylic acids is 1. The normalized spacial score (nSPS) is 12.9. The van der Waals surface area contributed by atoms with Crippen LogP contribution in [0.15, 0.2) is 12.3 Å². The molecule has 21 heavy (non-hydrogen) atoms. The van der Waals surface area contributed by atoms with Crippen molar-refractivity contribution in [1.82, 2.24) is 9.88 Å². The number of nitrogens with zero attached hydrogens (tertiary/aromatic N) is 1. The number of halogens is 1. The molecule has 0 saturated carbocycles. The van der Waals surface area contributed by atoms with Gasteiger partial charge in [0.25, 0.3) is 5.91 Å². The van der Waals surface area contributed by atoms with Gasteiger partial charge in [0, 0.05) is 19.0 Å². The average molecular weight is 337 g/mol. The molecule has 0 fully saturated rings. The van der Waals surface area contributed by atoms with Crippen molar-refractivity contribution in [3.05, 3.63) is 23.0 Å². The van der Waals surface area contributed by atoms with Crippen molar-refractivity contribution in [1.29, 1.82) is 0 Å². The van der Waals surface area contributed by atoms with Gasteiger partial charge in [-0.1, -0.05) is 11.6 Å². The molecule has 1 aromatic rings. The molecule has 0 aliphatic heterocycles. The van der Waals surface area contributed by atoms with Crippen molar-refractivity contribution in [2.75, 3.05) is 12.0 Å². The van der Waals surface area contributed by atoms with E-state index in [1.807, 2.05) is 6.92 Å². The first kappa shape index (κ1) is 17.5. The van der Waals surface area contributed by atoms with Crippen LogP contribution in [0.5, 0.6) is 0 Å². The first-order valence-corrected chi connectivity index (χ1v) is 8.65. The Balaban J connectivity index is 2.83. The topological polar surface area (TPSA) is 105 Å². The fraction of sp³-hybridized carbons (Fsp3) is 0.500. The fourth-order valence-electron chi connectivity index (χ4n) is 1.75. The molecule has 9 heteroatoms. The summed E-state index contributed by atoms with van der Waals surface area (Å²) in [6, 6.07) is 0.154. The highest BCUT2D eigenvalue weighted by Gasteiger charge is 2.23. The van der Waals surface area contributed by atoms with Gasteiger partial charge >= 0.3 is 5.97 Å². The monoisotopic (exact) mass is 336 g/mol. The van der Waals surface area contributed by atoms with Crippen LogP contribution in [0.25, 0.3) is 0 Å². The van der Waals surface area contributed by atoms with E-state index >= 15 is 0 Å². The highest BCUT2D eigenvalue weighted by atomic mass is 35.5. The molecule has 1 heterocycles. The van der Waals surface area contributed by atoms with E-state index in [4.69, 9.17) is 16.7 Å². The molecule has 0 radical (unpaired) electrons. The molecule has 0 aliphatic rings. The summed E-state index contributed by atoms with van der Waals surface area (Å²) < 4.78 is 23.8. The Labute approximate surface area is 127 Å². The van der Waals surface area contributed by atoms with Crippen molar-refractivity contribution < 1.29 is 23.1 Å². The first-order chi connectivity index (χ1) is 9.64. The maximum atomic E-state index is 12.1. The summed E-state index contributed by atoms with van der Waals surface area (Å²) in [6.45, 7) is 2.31. The molecule has 2 N–H and O–H groups in total. The molecule has 1 amide bonds. The van der Waals surface area contributed by atoms with E-state index < -0.39 is 27.8 Å². The van der Waals surface area contributed by atoms with Crippen molar-refractivity contribution in [3.8, 4) is 0 Å². The van der Waals surface area contributed by atoms with Gasteiger partial charge in [0.05, 0.1) is 10.8 Å². The summed E-state index contributed by atoms with van der Waals surface area (Å²) in [7, 11) is -3.30. The van der Waals surface area contributed by atoms with E-state index in [9.17, 15) is 18.0 Å². The highest BCUT2D eigenvalue weighted by Crippen LogP contribution is 2.14. The number of aryl methyl sites for hydroxylation is 1. The van der Waals surface area contributed by atoms with E-state index in [0.717, 1.165) is 6.26 Å². The van der Waals surface area contributed by atoms with Crippen LogP contribution >= 0.6 is 11.6 Å². The molecule has 118 valence electrons. The molecule has 1 aromatic heterocycles. The molecule has 0 saturated heterocycles. The van der Waals surface area contributed by atoms with Gasteiger partial charge < -0.3 is 15.0 Å². The molecule has 1 unspecified atom stereocenters. The molecule has 0 aromatic carbocycles. The number of rotatable bonds is 7. The van der Waals surface area contributed by atoms with Gasteiger partial charge in [-0.15, -0.1) is 0 Å². The summed E-state index contributed by atoms with van der Waals surface area (Å²) in [6.07, 6.45) is 2.37. The lowest BCUT2D eigenvalue weighted by Gasteiger charge is -2.14. The Morgan fingerprint density at radius 3 is 2.57 bits per heavy atom. The molecule has 1 rings (SSSR count). The van der Waals surface area contributed by atoms with Gasteiger partial charge in [0.1, 0.15) is 21.6 Å². The number of carbonyl (C=O) groups excluding carboxylic acids is 1. The number of carboxylic acid groups (broad SMARTS) is 1. The Hall–Kier alpha value is -1.54. The second-order valence-corrected chi connectivity index (χ2v) is 7.31. The number of hydrogen-bond donors (Lipinski definition) is 2. The number of aliphatic carboxylic acids is 1. The van der Waals surface area contributed by atoms with Crippen molar-refractivity contribution in [2.24, 2.45) is 0 Å². The van der Waals surface area contributed by atoms with Gasteiger partial charge in [-0.25, -0.2) is 13.2 Å². The van der Waals surface area contributed by atoms with E-state index in [1.54, 1.807) is 10.8 Å². The standard InChI is InChI=1S/C12H17ClN2O5S/c1-3-15-7-8(13)6-10(15)11(16)14-9(12(17)18)4-5-21(2,19)20/h6-7,9H,3-5H2,1-2H3,(H,14,16)(H,17,18). The molecule has 0 bridgehead atoms. The average Bonchev–Trinajstić information content (AvgIpc) is 2.74. The van der Waals surface area contributed by atoms with Gasteiger partial charge in [-0.2, -0.15) is 0 Å². The fourth-order valence-corrected chi connectivity index (χ4v) is 2.63. The third-order valence-electron chi connectivity index (χ3n) is 2.82. The number of nitrogens with one attached hydrogen (secondary N) is 1. The van der Waals surface area contributed by atoms with Crippen LogP contribution in [0.1, 0.15) is 23.8 Å². The second-order valence-electron chi connectivity index (χ2n) is 4.61. The quantitative estimate of drug-likeness (QED) is 0.765. The molecule has 7 nitrogen and oxygen atoms in total. The molecular weight excluding hydrogens is 320 g/mol. The number of carbonyl (C=O) groups is 2. The third-order valence-corrected chi connectivity index (χ3v) is 4.00. The van der Waals surface area contributed by atoms with Gasteiger partial charge in [-0.3, -0.25) is 4.79 Å². The highest BCUT2D eigenvalue weighted by molar-refractivity contribution is 7.90. The molecule has 0 aliphatic carbocycles. The maximum Gasteiger partial charge on any atom is 0.326 e. The summed E-state index contributed by atoms with van der Waals surface area (Å²) in [5.74, 6) is -2.21. The lowest BCUT2D eigenvalue weighted by Crippen LogP contribution is -2.42. The van der Waals surface area contributed by atoms with Crippen LogP contribution in [-0.4, -0.2) is 48.0 Å². The van der Waals surface area contributed by atoms with Crippen LogP contribution in [0.3, 0.4) is 0 Å². The van der Waals surface area contributed by atoms with Gasteiger partial charge in [-0.05, 0) is 19.4 Å². The van der Waals surface area contributed by atoms with Crippen LogP contribution < -0.4 is 5.32 Å². The van der Waals surface area contributed by atoms with Crippen molar-refractivity contribution in [2.45, 2.75) is 25.9 Å². The van der Waals surface area contributed by atoms with E-state index in [1.165, 1.54) is 6.07 Å². The third kappa shape index (κ3) is 5.39. The number of amides is 1. The van der Waals surface area contributed by atoms with Crippen molar-refractivity contribution in [3.63, 3.8) is 0 Å². The SMILES string of the molecule is CCn1cc(Cl)cc1C(=O)NC(CCS(C)(=O)=O)C(=O)O. The van der Waals surface area contributed by atoms with Crippen LogP contribution in [-0.2, 0) is 21.2 Å². The maximum absolute atomic E-state index is 12.1. The minimum absolute atomic E-state index is 0.194. The Bertz CT molecular complexity index is 638. The Kier molecular flexibility index (Phi) is 5.79. The summed E-state index contributed by atoms with van der Waals surface area (Å²) >= 11 is 5.81. The van der Waals surface area contributed by atoms with Crippen LogP contribution in [0.2, 0.25) is 5.02 Å². The predicted octanol–water partition coefficient (Wildman–Crippen LogP) is 0.779. The minimum Gasteiger partial charge on any atom is -0.480 e. The van der Waals surface area contributed by atoms with Crippen LogP contribution in [0, 0.1) is 0 Å². The largest absolute Gasteiger partial charge is 0.480 e. The van der Waals surface area contributed by atoms with Gasteiger partial charge in [0.2, 0.25) is 0 Å². The molecule has 1 atom stereocenters. The number of sulfone groups is 1. The summed E-state index contributed by atoms with van der Waals surface area (Å²) in [4.78, 5) is 23.2. The van der Waals surface area contributed by atoms with Crippen LogP contribution in [0.4, 0.5) is 0 Å². The second kappa shape index (κ2) is 6.95. The Morgan fingerprint density at radius 2 is 2.10 bits per heavy atom. The zero-order valence-electron chi connectivity index (χ0n) is 11.7. The van der Waals surface area contributed by atoms with E-state index in [-0.39, 0.29) is 17.9 Å². The molecule has 0 spiro atoms. The summed E-state index contributed by atoms with van der Waals surface area (Å²) in [5, 5.41) is 11.7. The Morgan fingerprint density at radius 1 is 1.48 bits per heavy atom. The summed E-state index contributed by atoms with van der Waals surface area (Å²) in [5.41, 5.74) is 0.230. The number of hydrogen-bond acceptors (Lipinski definition) is 4. The smallest absolute Gasteiger partial charge is 0.326 e.